The van der Waals surface area contributed by atoms with Gasteiger partial charge in [-0.15, -0.1) is 0 Å². The topological polar surface area (TPSA) is 136 Å². The number of nitrogens with one attached hydrogen (secondary N) is 2. The smallest absolute Gasteiger partial charge is 0.326 e. The summed E-state index contributed by atoms with van der Waals surface area (Å²) in [5, 5.41) is 22.2. The van der Waals surface area contributed by atoms with E-state index in [1.54, 1.807) is 13.8 Å². The van der Waals surface area contributed by atoms with E-state index >= 15 is 0 Å². The highest BCUT2D eigenvalue weighted by atomic mass is 16.4. The molecule has 120 valence electrons. The van der Waals surface area contributed by atoms with Crippen LogP contribution >= 0.6 is 0 Å². The third kappa shape index (κ3) is 8.45. The Morgan fingerprint density at radius 3 is 2.10 bits per heavy atom. The molecule has 0 saturated carbocycles. The normalized spacial score (nSPS) is 11.6. The van der Waals surface area contributed by atoms with Gasteiger partial charge in [-0.05, 0) is 20.3 Å². The number of carboxylic acid groups (broad SMARTS) is 2. The number of hydrogen-bond acceptors (Lipinski definition) is 4. The van der Waals surface area contributed by atoms with Crippen molar-refractivity contribution in [2.75, 3.05) is 13.6 Å². The molecule has 0 aliphatic carbocycles. The molecule has 1 atom stereocenters. The Bertz CT molecular complexity index is 410. The molecule has 0 saturated heterocycles. The number of likely N-dealkylation sites (N-methyl/N-ethyl adjacent to an activating group) is 1. The van der Waals surface area contributed by atoms with Gasteiger partial charge in [-0.1, -0.05) is 0 Å². The summed E-state index contributed by atoms with van der Waals surface area (Å²) in [6, 6.07) is -2.15. The lowest BCUT2D eigenvalue weighted by molar-refractivity contribution is -0.140. The maximum absolute atomic E-state index is 11.7. The quantitative estimate of drug-likeness (QED) is 0.476. The average Bonchev–Trinajstić information content (AvgIpc) is 2.31. The molecule has 0 heterocycles. The van der Waals surface area contributed by atoms with Gasteiger partial charge in [0.15, 0.2) is 0 Å². The summed E-state index contributed by atoms with van der Waals surface area (Å²) in [5.74, 6) is -2.86. The summed E-state index contributed by atoms with van der Waals surface area (Å²) in [4.78, 5) is 45.6. The highest BCUT2D eigenvalue weighted by Crippen LogP contribution is 1.99. The summed E-state index contributed by atoms with van der Waals surface area (Å²) in [5.41, 5.74) is 0. The number of hydrogen-bond donors (Lipinski definition) is 4. The summed E-state index contributed by atoms with van der Waals surface area (Å²) in [6.45, 7) is 3.31. The second-order valence-electron chi connectivity index (χ2n) is 4.85. The van der Waals surface area contributed by atoms with Crippen molar-refractivity contribution in [3.05, 3.63) is 0 Å². The Morgan fingerprint density at radius 2 is 1.67 bits per heavy atom. The molecule has 4 N–H and O–H groups in total. The van der Waals surface area contributed by atoms with Gasteiger partial charge in [-0.2, -0.15) is 0 Å². The van der Waals surface area contributed by atoms with Crippen molar-refractivity contribution in [2.24, 2.45) is 0 Å². The van der Waals surface area contributed by atoms with Crippen molar-refractivity contribution in [1.82, 2.24) is 15.5 Å². The molecule has 3 amide bonds. The summed E-state index contributed by atoms with van der Waals surface area (Å²) in [7, 11) is 1.34. The molecule has 0 rings (SSSR count). The Morgan fingerprint density at radius 1 is 1.10 bits per heavy atom. The minimum atomic E-state index is -1.33. The van der Waals surface area contributed by atoms with E-state index in [0.717, 1.165) is 4.90 Å². The van der Waals surface area contributed by atoms with Gasteiger partial charge < -0.3 is 25.7 Å². The van der Waals surface area contributed by atoms with Crippen LogP contribution in [-0.2, 0) is 14.4 Å². The van der Waals surface area contributed by atoms with Gasteiger partial charge in [0, 0.05) is 19.5 Å². The van der Waals surface area contributed by atoms with Crippen LogP contribution in [0.2, 0.25) is 0 Å². The molecule has 0 fully saturated rings. The first-order valence-corrected chi connectivity index (χ1v) is 6.39. The Balaban J connectivity index is 4.43. The number of nitrogens with zero attached hydrogens (tertiary/aromatic N) is 1. The number of carboxylic acids is 2. The second-order valence-corrected chi connectivity index (χ2v) is 4.85. The van der Waals surface area contributed by atoms with Gasteiger partial charge in [0.1, 0.15) is 12.6 Å². The van der Waals surface area contributed by atoms with Crippen molar-refractivity contribution in [3.8, 4) is 0 Å². The van der Waals surface area contributed by atoms with E-state index in [-0.39, 0.29) is 31.3 Å². The molecule has 21 heavy (non-hydrogen) atoms. The third-order valence-corrected chi connectivity index (χ3v) is 2.42. The molecule has 0 aromatic carbocycles. The lowest BCUT2D eigenvalue weighted by atomic mass is 10.1. The molecule has 0 aliphatic heterocycles. The Labute approximate surface area is 122 Å². The van der Waals surface area contributed by atoms with E-state index < -0.39 is 24.0 Å². The van der Waals surface area contributed by atoms with E-state index in [9.17, 15) is 19.2 Å². The zero-order chi connectivity index (χ0) is 16.6. The molecule has 9 nitrogen and oxygen atoms in total. The lowest BCUT2D eigenvalue weighted by Crippen LogP contribution is -2.49. The van der Waals surface area contributed by atoms with Crippen LogP contribution in [0.25, 0.3) is 0 Å². The largest absolute Gasteiger partial charge is 0.481 e. The van der Waals surface area contributed by atoms with Crippen LogP contribution in [0.1, 0.15) is 26.7 Å². The molecule has 0 unspecified atom stereocenters. The highest BCUT2D eigenvalue weighted by Gasteiger charge is 2.23. The SMILES string of the molecule is CC(C)NC(=O)CN(C)C(=O)N[C@@H](CCC(=O)O)C(=O)O. The molecule has 0 aromatic rings. The van der Waals surface area contributed by atoms with E-state index in [1.807, 2.05) is 0 Å². The Hall–Kier alpha value is -2.32. The van der Waals surface area contributed by atoms with Crippen LogP contribution in [0.3, 0.4) is 0 Å². The Kier molecular flexibility index (Phi) is 7.80. The predicted molar refractivity (Wildman–Crippen MR) is 72.7 cm³/mol. The molecule has 0 spiro atoms. The number of amides is 3. The van der Waals surface area contributed by atoms with Crippen LogP contribution < -0.4 is 10.6 Å². The molecule has 0 aromatic heterocycles. The first-order chi connectivity index (χ1) is 9.63. The van der Waals surface area contributed by atoms with Crippen LogP contribution in [0.4, 0.5) is 4.79 Å². The fourth-order valence-corrected chi connectivity index (χ4v) is 1.44. The number of carbonyl (C=O) groups is 4. The first-order valence-electron chi connectivity index (χ1n) is 6.39. The summed E-state index contributed by atoms with van der Waals surface area (Å²) in [6.07, 6.45) is -0.614. The molecular weight excluding hydrogens is 282 g/mol. The molecule has 9 heteroatoms. The number of aliphatic carboxylic acids is 2. The fraction of sp³-hybridized carbons (Fsp3) is 0.667. The monoisotopic (exact) mass is 303 g/mol. The van der Waals surface area contributed by atoms with Gasteiger partial charge in [0.2, 0.25) is 5.91 Å². The van der Waals surface area contributed by atoms with Gasteiger partial charge in [0.25, 0.3) is 0 Å². The predicted octanol–water partition coefficient (Wildman–Crippen LogP) is -0.530. The molecule has 0 bridgehead atoms. The van der Waals surface area contributed by atoms with Gasteiger partial charge in [-0.3, -0.25) is 9.59 Å². The number of carbonyl (C=O) groups excluding carboxylic acids is 2. The minimum absolute atomic E-state index is 0.0729. The number of rotatable bonds is 8. The van der Waals surface area contributed by atoms with E-state index in [0.29, 0.717) is 0 Å². The summed E-state index contributed by atoms with van der Waals surface area (Å²) >= 11 is 0. The van der Waals surface area contributed by atoms with Gasteiger partial charge in [-0.25, -0.2) is 9.59 Å². The van der Waals surface area contributed by atoms with Crippen molar-refractivity contribution in [3.63, 3.8) is 0 Å². The lowest BCUT2D eigenvalue weighted by Gasteiger charge is -2.21. The van der Waals surface area contributed by atoms with Gasteiger partial charge >= 0.3 is 18.0 Å². The maximum Gasteiger partial charge on any atom is 0.326 e. The highest BCUT2D eigenvalue weighted by molar-refractivity contribution is 5.86. The van der Waals surface area contributed by atoms with Crippen molar-refractivity contribution in [1.29, 1.82) is 0 Å². The average molecular weight is 303 g/mol. The minimum Gasteiger partial charge on any atom is -0.481 e. The maximum atomic E-state index is 11.7. The standard InChI is InChI=1S/C12H21N3O6/c1-7(2)13-9(16)6-15(3)12(21)14-8(11(19)20)4-5-10(17)18/h7-8H,4-6H2,1-3H3,(H,13,16)(H,14,21)(H,17,18)(H,19,20)/t8-/m0/s1. The first kappa shape index (κ1) is 18.7. The van der Waals surface area contributed by atoms with Crippen LogP contribution in [0, 0.1) is 0 Å². The zero-order valence-corrected chi connectivity index (χ0v) is 12.3. The van der Waals surface area contributed by atoms with Crippen LogP contribution in [0.5, 0.6) is 0 Å². The molecule has 0 aliphatic rings. The second kappa shape index (κ2) is 8.77. The van der Waals surface area contributed by atoms with Crippen LogP contribution in [-0.4, -0.2) is 64.7 Å². The van der Waals surface area contributed by atoms with E-state index in [1.165, 1.54) is 7.05 Å². The summed E-state index contributed by atoms with van der Waals surface area (Å²) < 4.78 is 0. The van der Waals surface area contributed by atoms with Crippen molar-refractivity contribution < 1.29 is 29.4 Å². The fourth-order valence-electron chi connectivity index (χ4n) is 1.44. The van der Waals surface area contributed by atoms with Crippen molar-refractivity contribution >= 4 is 23.9 Å². The third-order valence-electron chi connectivity index (χ3n) is 2.42. The zero-order valence-electron chi connectivity index (χ0n) is 12.3. The van der Waals surface area contributed by atoms with Crippen molar-refractivity contribution in [2.45, 2.75) is 38.8 Å². The number of urea groups is 1. The molecule has 0 radical (unpaired) electrons. The van der Waals surface area contributed by atoms with Gasteiger partial charge in [0.05, 0.1) is 0 Å². The van der Waals surface area contributed by atoms with Crippen LogP contribution in [0.15, 0.2) is 0 Å². The van der Waals surface area contributed by atoms with E-state index in [2.05, 4.69) is 10.6 Å². The van der Waals surface area contributed by atoms with E-state index in [4.69, 9.17) is 10.2 Å². The molecular formula is C12H21N3O6.